The molecule has 0 spiro atoms. The van der Waals surface area contributed by atoms with Gasteiger partial charge in [-0.1, -0.05) is 189 Å². The average Bonchev–Trinajstić information content (AvgIpc) is 3.55. The SMILES string of the molecule is c1ccc(CCCCCC2(CCCCCc3ccccc3)c3ccccc3-c3ccc(-c4cc(-c5ccccc5)c5cc(-c6ccccc6)ccc5n4)cc32)cc1. The second kappa shape index (κ2) is 17.0. The molecule has 0 saturated heterocycles. The molecule has 57 heavy (non-hydrogen) atoms. The van der Waals surface area contributed by atoms with Crippen LogP contribution in [0.5, 0.6) is 0 Å². The number of benzene rings is 7. The quantitative estimate of drug-likeness (QED) is 0.0955. The van der Waals surface area contributed by atoms with Gasteiger partial charge in [0, 0.05) is 16.4 Å². The number of rotatable bonds is 15. The zero-order valence-electron chi connectivity index (χ0n) is 32.9. The van der Waals surface area contributed by atoms with Crippen LogP contribution in [0.2, 0.25) is 0 Å². The molecule has 0 atom stereocenters. The van der Waals surface area contributed by atoms with Gasteiger partial charge in [0.2, 0.25) is 0 Å². The minimum absolute atomic E-state index is 0.0227. The van der Waals surface area contributed by atoms with Crippen LogP contribution in [0.25, 0.3) is 55.5 Å². The minimum atomic E-state index is -0.0227. The van der Waals surface area contributed by atoms with Crippen molar-refractivity contribution in [2.45, 2.75) is 69.6 Å². The van der Waals surface area contributed by atoms with E-state index < -0.39 is 0 Å². The van der Waals surface area contributed by atoms with Crippen molar-refractivity contribution >= 4 is 10.9 Å². The largest absolute Gasteiger partial charge is 0.248 e. The zero-order chi connectivity index (χ0) is 38.3. The lowest BCUT2D eigenvalue weighted by molar-refractivity contribution is 0.402. The van der Waals surface area contributed by atoms with Crippen LogP contribution >= 0.6 is 0 Å². The van der Waals surface area contributed by atoms with Crippen LogP contribution in [0.15, 0.2) is 188 Å². The van der Waals surface area contributed by atoms with Crippen molar-refractivity contribution in [2.75, 3.05) is 0 Å². The molecule has 0 aliphatic heterocycles. The predicted molar refractivity (Wildman–Crippen MR) is 241 cm³/mol. The standard InChI is InChI=1S/C56H51N/c1-7-21-42(22-8-1)25-11-5-19-37-56(38-20-6-12-26-43-23-9-2-10-24-43)52-32-18-17-31-48(52)49-35-33-47(40-53(49)56)55-41-50(45-29-15-4-16-30-45)51-39-46(34-36-54(51)57-55)44-27-13-3-14-28-44/h1-4,7-10,13-18,21-24,27-36,39-41H,5-6,11-12,19-20,25-26,37-38H2. The Morgan fingerprint density at radius 3 is 1.54 bits per heavy atom. The summed E-state index contributed by atoms with van der Waals surface area (Å²) in [4.78, 5) is 5.42. The number of fused-ring (bicyclic) bond motifs is 4. The van der Waals surface area contributed by atoms with Crippen LogP contribution in [-0.2, 0) is 18.3 Å². The van der Waals surface area contributed by atoms with Crippen LogP contribution in [0.3, 0.4) is 0 Å². The van der Waals surface area contributed by atoms with Crippen LogP contribution in [0, 0.1) is 0 Å². The first-order valence-corrected chi connectivity index (χ1v) is 21.1. The number of aryl methyl sites for hydroxylation is 2. The molecule has 0 unspecified atom stereocenters. The Hall–Kier alpha value is -6.05. The van der Waals surface area contributed by atoms with Crippen molar-refractivity contribution in [3.8, 4) is 44.6 Å². The zero-order valence-corrected chi connectivity index (χ0v) is 32.9. The summed E-state index contributed by atoms with van der Waals surface area (Å²) in [6.07, 6.45) is 12.0. The van der Waals surface area contributed by atoms with Crippen molar-refractivity contribution in [2.24, 2.45) is 0 Å². The fourth-order valence-corrected chi connectivity index (χ4v) is 9.47. The van der Waals surface area contributed by atoms with Crippen LogP contribution in [0.1, 0.15) is 73.6 Å². The van der Waals surface area contributed by atoms with E-state index in [9.17, 15) is 0 Å². The molecule has 0 radical (unpaired) electrons. The molecule has 280 valence electrons. The molecule has 1 heteroatoms. The van der Waals surface area contributed by atoms with E-state index in [0.717, 1.165) is 36.9 Å². The highest BCUT2D eigenvalue weighted by atomic mass is 14.7. The van der Waals surface area contributed by atoms with Gasteiger partial charge in [-0.2, -0.15) is 0 Å². The molecule has 8 aromatic rings. The van der Waals surface area contributed by atoms with Gasteiger partial charge in [0.1, 0.15) is 0 Å². The monoisotopic (exact) mass is 737 g/mol. The molecule has 0 N–H and O–H groups in total. The van der Waals surface area contributed by atoms with E-state index in [-0.39, 0.29) is 5.41 Å². The molecule has 1 nitrogen and oxygen atoms in total. The van der Waals surface area contributed by atoms with E-state index in [1.165, 1.54) is 105 Å². The van der Waals surface area contributed by atoms with Crippen molar-refractivity contribution < 1.29 is 0 Å². The highest BCUT2D eigenvalue weighted by Crippen LogP contribution is 2.55. The number of unbranched alkanes of at least 4 members (excludes halogenated alkanes) is 4. The van der Waals surface area contributed by atoms with Gasteiger partial charge in [0.15, 0.2) is 0 Å². The van der Waals surface area contributed by atoms with E-state index in [0.29, 0.717) is 0 Å². The van der Waals surface area contributed by atoms with E-state index >= 15 is 0 Å². The summed E-state index contributed by atoms with van der Waals surface area (Å²) >= 11 is 0. The molecule has 0 bridgehead atoms. The van der Waals surface area contributed by atoms with E-state index in [4.69, 9.17) is 4.98 Å². The highest BCUT2D eigenvalue weighted by molar-refractivity contribution is 5.99. The second-order valence-electron chi connectivity index (χ2n) is 16.0. The number of hydrogen-bond acceptors (Lipinski definition) is 1. The second-order valence-corrected chi connectivity index (χ2v) is 16.0. The molecule has 1 aliphatic rings. The molecule has 0 saturated carbocycles. The number of pyridine rings is 1. The fraction of sp³-hybridized carbons (Fsp3) is 0.196. The van der Waals surface area contributed by atoms with Gasteiger partial charge in [-0.3, -0.25) is 0 Å². The first kappa shape index (κ1) is 36.6. The van der Waals surface area contributed by atoms with Crippen molar-refractivity contribution in [1.82, 2.24) is 4.98 Å². The maximum atomic E-state index is 5.42. The minimum Gasteiger partial charge on any atom is -0.248 e. The van der Waals surface area contributed by atoms with Gasteiger partial charge in [-0.15, -0.1) is 0 Å². The summed E-state index contributed by atoms with van der Waals surface area (Å²) in [5, 5.41) is 1.18. The topological polar surface area (TPSA) is 12.9 Å². The average molecular weight is 738 g/mol. The molecule has 0 amide bonds. The van der Waals surface area contributed by atoms with Crippen LogP contribution in [0.4, 0.5) is 0 Å². The molecule has 9 rings (SSSR count). The Labute approximate surface area is 339 Å². The number of hydrogen-bond donors (Lipinski definition) is 0. The van der Waals surface area contributed by atoms with Gasteiger partial charge >= 0.3 is 0 Å². The van der Waals surface area contributed by atoms with Crippen molar-refractivity contribution in [3.63, 3.8) is 0 Å². The normalized spacial score (nSPS) is 12.7. The van der Waals surface area contributed by atoms with Gasteiger partial charge in [-0.25, -0.2) is 4.98 Å². The lowest BCUT2D eigenvalue weighted by Crippen LogP contribution is -2.25. The Bertz CT molecular complexity index is 2510. The van der Waals surface area contributed by atoms with Crippen LogP contribution < -0.4 is 0 Å². The van der Waals surface area contributed by atoms with E-state index in [2.05, 4.69) is 188 Å². The Kier molecular flexibility index (Phi) is 10.9. The Morgan fingerprint density at radius 2 is 0.895 bits per heavy atom. The van der Waals surface area contributed by atoms with Gasteiger partial charge in [-0.05, 0) is 118 Å². The molecular formula is C56H51N. The summed E-state index contributed by atoms with van der Waals surface area (Å²) in [5.74, 6) is 0. The lowest BCUT2D eigenvalue weighted by atomic mass is 9.70. The third-order valence-electron chi connectivity index (χ3n) is 12.4. The summed E-state index contributed by atoms with van der Waals surface area (Å²) in [7, 11) is 0. The van der Waals surface area contributed by atoms with Gasteiger partial charge < -0.3 is 0 Å². The Morgan fingerprint density at radius 1 is 0.351 bits per heavy atom. The lowest BCUT2D eigenvalue weighted by Gasteiger charge is -2.33. The van der Waals surface area contributed by atoms with Gasteiger partial charge in [0.25, 0.3) is 0 Å². The van der Waals surface area contributed by atoms with E-state index in [1.807, 2.05) is 0 Å². The molecule has 7 aromatic carbocycles. The summed E-state index contributed by atoms with van der Waals surface area (Å²) in [5.41, 5.74) is 16.8. The van der Waals surface area contributed by atoms with Crippen molar-refractivity contribution in [1.29, 1.82) is 0 Å². The molecule has 0 fully saturated rings. The maximum Gasteiger partial charge on any atom is 0.0716 e. The first-order valence-electron chi connectivity index (χ1n) is 21.1. The van der Waals surface area contributed by atoms with E-state index in [1.54, 1.807) is 0 Å². The molecular weight excluding hydrogens is 687 g/mol. The molecule has 1 aliphatic carbocycles. The summed E-state index contributed by atoms with van der Waals surface area (Å²) < 4.78 is 0. The third kappa shape index (κ3) is 7.85. The maximum absolute atomic E-state index is 5.42. The summed E-state index contributed by atoms with van der Waals surface area (Å²) in [6, 6.07) is 69.2. The van der Waals surface area contributed by atoms with Crippen molar-refractivity contribution in [3.05, 3.63) is 210 Å². The first-order chi connectivity index (χ1) is 28.2. The molecule has 1 aromatic heterocycles. The Balaban J connectivity index is 1.08. The highest BCUT2D eigenvalue weighted by Gasteiger charge is 2.42. The summed E-state index contributed by atoms with van der Waals surface area (Å²) in [6.45, 7) is 0. The van der Waals surface area contributed by atoms with Gasteiger partial charge in [0.05, 0.1) is 11.2 Å². The number of nitrogens with zero attached hydrogens (tertiary/aromatic N) is 1. The third-order valence-corrected chi connectivity index (χ3v) is 12.4. The number of aromatic nitrogens is 1. The fourth-order valence-electron chi connectivity index (χ4n) is 9.47. The molecule has 1 heterocycles. The predicted octanol–water partition coefficient (Wildman–Crippen LogP) is 15.1. The van der Waals surface area contributed by atoms with Crippen LogP contribution in [-0.4, -0.2) is 4.98 Å². The smallest absolute Gasteiger partial charge is 0.0716 e.